The van der Waals surface area contributed by atoms with Gasteiger partial charge in [0.1, 0.15) is 5.75 Å². The third kappa shape index (κ3) is 6.56. The maximum absolute atomic E-state index is 11.6. The number of rotatable bonds is 7. The predicted molar refractivity (Wildman–Crippen MR) is 81.2 cm³/mol. The zero-order valence-electron chi connectivity index (χ0n) is 12.6. The minimum atomic E-state index is -0.367. The van der Waals surface area contributed by atoms with Crippen LogP contribution in [0.4, 0.5) is 0 Å². The molecule has 114 valence electrons. The van der Waals surface area contributed by atoms with Gasteiger partial charge < -0.3 is 10.1 Å². The number of benzene rings is 1. The van der Waals surface area contributed by atoms with E-state index in [9.17, 15) is 9.59 Å². The van der Waals surface area contributed by atoms with E-state index >= 15 is 0 Å². The number of carbonyl (C=O) groups is 2. The number of nitrogens with one attached hydrogen (secondary N) is 2. The molecule has 21 heavy (non-hydrogen) atoms. The minimum absolute atomic E-state index is 0.121. The average molecular weight is 291 g/mol. The predicted octanol–water partition coefficient (Wildman–Crippen LogP) is 1.39. The highest BCUT2D eigenvalue weighted by Crippen LogP contribution is 2.15. The Kier molecular flexibility index (Phi) is 6.94. The smallest absolute Gasteiger partial charge is 0.277 e. The summed E-state index contributed by atoms with van der Waals surface area (Å²) >= 11 is 0. The fourth-order valence-corrected chi connectivity index (χ4v) is 1.58. The van der Waals surface area contributed by atoms with Crippen molar-refractivity contribution in [1.82, 2.24) is 10.7 Å². The summed E-state index contributed by atoms with van der Waals surface area (Å²) in [6, 6.07) is 7.44. The van der Waals surface area contributed by atoms with Gasteiger partial charge in [0, 0.05) is 12.3 Å². The lowest BCUT2D eigenvalue weighted by molar-refractivity contribution is -0.123. The molecule has 6 nitrogen and oxygen atoms in total. The zero-order valence-corrected chi connectivity index (χ0v) is 12.6. The highest BCUT2D eigenvalue weighted by molar-refractivity contribution is 6.00. The fourth-order valence-electron chi connectivity index (χ4n) is 1.58. The summed E-state index contributed by atoms with van der Waals surface area (Å²) in [5.74, 6) is 0.174. The molecule has 0 aliphatic carbocycles. The van der Waals surface area contributed by atoms with Crippen molar-refractivity contribution in [3.05, 3.63) is 29.8 Å². The molecule has 0 fully saturated rings. The molecule has 0 aromatic heterocycles. The van der Waals surface area contributed by atoms with Crippen molar-refractivity contribution >= 4 is 17.5 Å². The number of amides is 2. The second kappa shape index (κ2) is 8.73. The van der Waals surface area contributed by atoms with Gasteiger partial charge >= 0.3 is 0 Å². The number of hydrazone groups is 1. The first-order chi connectivity index (χ1) is 10.0. The lowest BCUT2D eigenvalue weighted by Crippen LogP contribution is -2.28. The van der Waals surface area contributed by atoms with Gasteiger partial charge in [-0.05, 0) is 32.4 Å². The van der Waals surface area contributed by atoms with Crippen molar-refractivity contribution in [2.24, 2.45) is 5.10 Å². The average Bonchev–Trinajstić information content (AvgIpc) is 2.44. The molecule has 0 radical (unpaired) electrons. The summed E-state index contributed by atoms with van der Waals surface area (Å²) < 4.78 is 5.39. The first kappa shape index (κ1) is 16.7. The van der Waals surface area contributed by atoms with Crippen LogP contribution < -0.4 is 15.5 Å². The van der Waals surface area contributed by atoms with Crippen LogP contribution >= 0.6 is 0 Å². The summed E-state index contributed by atoms with van der Waals surface area (Å²) in [6.45, 7) is 5.88. The molecule has 1 rings (SSSR count). The largest absolute Gasteiger partial charge is 0.483 e. The van der Waals surface area contributed by atoms with E-state index in [0.717, 1.165) is 5.56 Å². The van der Waals surface area contributed by atoms with E-state index in [1.807, 2.05) is 32.0 Å². The number of para-hydroxylation sites is 1. The van der Waals surface area contributed by atoms with Gasteiger partial charge in [0.2, 0.25) is 5.91 Å². The van der Waals surface area contributed by atoms with Crippen LogP contribution in [0.2, 0.25) is 0 Å². The monoisotopic (exact) mass is 291 g/mol. The van der Waals surface area contributed by atoms with E-state index in [1.54, 1.807) is 13.0 Å². The van der Waals surface area contributed by atoms with Crippen molar-refractivity contribution in [1.29, 1.82) is 0 Å². The first-order valence-electron chi connectivity index (χ1n) is 6.80. The van der Waals surface area contributed by atoms with E-state index in [1.165, 1.54) is 0 Å². The fraction of sp³-hybridized carbons (Fsp3) is 0.400. The van der Waals surface area contributed by atoms with Crippen molar-refractivity contribution in [3.8, 4) is 5.75 Å². The third-order valence-corrected chi connectivity index (χ3v) is 2.61. The highest BCUT2D eigenvalue weighted by Gasteiger charge is 2.05. The summed E-state index contributed by atoms with van der Waals surface area (Å²) in [7, 11) is 0. The molecule has 0 unspecified atom stereocenters. The second-order valence-corrected chi connectivity index (χ2v) is 4.57. The zero-order chi connectivity index (χ0) is 15.7. The van der Waals surface area contributed by atoms with E-state index in [2.05, 4.69) is 15.8 Å². The Labute approximate surface area is 124 Å². The summed E-state index contributed by atoms with van der Waals surface area (Å²) in [5, 5.41) is 6.52. The Bertz CT molecular complexity index is 527. The van der Waals surface area contributed by atoms with Gasteiger partial charge in [-0.25, -0.2) is 5.43 Å². The van der Waals surface area contributed by atoms with E-state index in [0.29, 0.717) is 18.0 Å². The number of hydrogen-bond donors (Lipinski definition) is 2. The maximum Gasteiger partial charge on any atom is 0.277 e. The lowest BCUT2D eigenvalue weighted by Gasteiger charge is -2.08. The second-order valence-electron chi connectivity index (χ2n) is 4.57. The molecular formula is C15H21N3O3. The van der Waals surface area contributed by atoms with Crippen LogP contribution in [0, 0.1) is 6.92 Å². The van der Waals surface area contributed by atoms with E-state index < -0.39 is 0 Å². The van der Waals surface area contributed by atoms with Crippen LogP contribution in [0.5, 0.6) is 5.75 Å². The molecule has 0 aliphatic heterocycles. The molecule has 2 amide bonds. The maximum atomic E-state index is 11.6. The number of hydrogen-bond acceptors (Lipinski definition) is 4. The van der Waals surface area contributed by atoms with Gasteiger partial charge in [-0.3, -0.25) is 9.59 Å². The number of carbonyl (C=O) groups excluding carboxylic acids is 2. The number of nitrogens with zero attached hydrogens (tertiary/aromatic N) is 1. The van der Waals surface area contributed by atoms with Crippen LogP contribution in [-0.2, 0) is 9.59 Å². The van der Waals surface area contributed by atoms with Crippen LogP contribution in [0.25, 0.3) is 0 Å². The molecular weight excluding hydrogens is 270 g/mol. The molecule has 2 N–H and O–H groups in total. The Morgan fingerprint density at radius 2 is 1.95 bits per heavy atom. The summed E-state index contributed by atoms with van der Waals surface area (Å²) in [4.78, 5) is 22.9. The molecule has 0 saturated heterocycles. The molecule has 0 heterocycles. The molecule has 0 saturated carbocycles. The third-order valence-electron chi connectivity index (χ3n) is 2.61. The quantitative estimate of drug-likeness (QED) is 0.588. The van der Waals surface area contributed by atoms with Crippen LogP contribution in [0.15, 0.2) is 29.4 Å². The summed E-state index contributed by atoms with van der Waals surface area (Å²) in [5.41, 5.74) is 3.86. The number of ether oxygens (including phenoxy) is 1. The van der Waals surface area contributed by atoms with E-state index in [4.69, 9.17) is 4.74 Å². The van der Waals surface area contributed by atoms with Crippen LogP contribution in [-0.4, -0.2) is 30.7 Å². The lowest BCUT2D eigenvalue weighted by atomic mass is 10.2. The Hall–Kier alpha value is -2.37. The Balaban J connectivity index is 2.37. The first-order valence-corrected chi connectivity index (χ1v) is 6.80. The van der Waals surface area contributed by atoms with Gasteiger partial charge in [0.15, 0.2) is 6.61 Å². The molecule has 0 aliphatic rings. The minimum Gasteiger partial charge on any atom is -0.483 e. The Morgan fingerprint density at radius 1 is 1.24 bits per heavy atom. The SMILES string of the molecule is CCNC(=O)C/C(C)=N/NC(=O)COc1ccccc1C. The van der Waals surface area contributed by atoms with Crippen LogP contribution in [0.3, 0.4) is 0 Å². The number of aryl methyl sites for hydroxylation is 1. The van der Waals surface area contributed by atoms with Gasteiger partial charge in [0.05, 0.1) is 6.42 Å². The molecule has 0 spiro atoms. The van der Waals surface area contributed by atoms with Crippen LogP contribution in [0.1, 0.15) is 25.8 Å². The Morgan fingerprint density at radius 3 is 2.62 bits per heavy atom. The van der Waals surface area contributed by atoms with Gasteiger partial charge in [-0.2, -0.15) is 5.10 Å². The standard InChI is InChI=1S/C15H21N3O3/c1-4-16-14(19)9-12(3)17-18-15(20)10-21-13-8-6-5-7-11(13)2/h5-8H,4,9-10H2,1-3H3,(H,16,19)(H,18,20)/b17-12+. The topological polar surface area (TPSA) is 79.8 Å². The van der Waals surface area contributed by atoms with Crippen molar-refractivity contribution in [3.63, 3.8) is 0 Å². The van der Waals surface area contributed by atoms with Gasteiger partial charge in [-0.15, -0.1) is 0 Å². The molecule has 0 atom stereocenters. The summed E-state index contributed by atoms with van der Waals surface area (Å²) in [6.07, 6.45) is 0.159. The molecule has 1 aromatic rings. The van der Waals surface area contributed by atoms with Crippen molar-refractivity contribution < 1.29 is 14.3 Å². The normalized spacial score (nSPS) is 10.9. The van der Waals surface area contributed by atoms with Crippen molar-refractivity contribution in [2.75, 3.05) is 13.2 Å². The molecule has 0 bridgehead atoms. The van der Waals surface area contributed by atoms with E-state index in [-0.39, 0.29) is 24.8 Å². The molecule has 1 aromatic carbocycles. The van der Waals surface area contributed by atoms with Gasteiger partial charge in [-0.1, -0.05) is 18.2 Å². The highest BCUT2D eigenvalue weighted by atomic mass is 16.5. The van der Waals surface area contributed by atoms with Crippen molar-refractivity contribution in [2.45, 2.75) is 27.2 Å². The van der Waals surface area contributed by atoms with Gasteiger partial charge in [0.25, 0.3) is 5.91 Å². The molecule has 6 heteroatoms.